The third-order valence-electron chi connectivity index (χ3n) is 7.41. The van der Waals surface area contributed by atoms with Gasteiger partial charge in [0.05, 0.1) is 29.7 Å². The number of halogens is 1. The lowest BCUT2D eigenvalue weighted by Gasteiger charge is -2.44. The molecule has 2 fully saturated rings. The molecule has 10 nitrogen and oxygen atoms in total. The number of carbonyl (C=O) groups is 1. The highest BCUT2D eigenvalue weighted by Crippen LogP contribution is 2.37. The van der Waals surface area contributed by atoms with Gasteiger partial charge in [0.2, 0.25) is 0 Å². The summed E-state index contributed by atoms with van der Waals surface area (Å²) in [4.78, 5) is 17.7. The average molecular weight is 564 g/mol. The first kappa shape index (κ1) is 28.8. The number of hydrogen-bond acceptors (Lipinski definition) is 9. The Labute approximate surface area is 230 Å². The van der Waals surface area contributed by atoms with Crippen molar-refractivity contribution in [3.05, 3.63) is 46.3 Å². The Morgan fingerprint density at radius 1 is 1.32 bits per heavy atom. The highest BCUT2D eigenvalue weighted by atomic mass is 35.5. The second-order valence-corrected chi connectivity index (χ2v) is 11.3. The molecule has 4 rings (SSSR count). The molecule has 0 saturated carbocycles. The van der Waals surface area contributed by atoms with Crippen LogP contribution >= 0.6 is 23.4 Å². The molecule has 3 aliphatic heterocycles. The van der Waals surface area contributed by atoms with Gasteiger partial charge in [0.25, 0.3) is 6.57 Å². The summed E-state index contributed by atoms with van der Waals surface area (Å²) in [6.45, 7) is 8.13. The molecule has 5 N–H and O–H groups in total. The molecular weight excluding hydrogens is 532 g/mol. The maximum Gasteiger partial charge on any atom is 0.438 e. The molecule has 0 aromatic heterocycles. The molecule has 3 aliphatic rings. The van der Waals surface area contributed by atoms with Crippen molar-refractivity contribution in [3.8, 4) is 12.6 Å². The maximum atomic E-state index is 13.8. The van der Waals surface area contributed by atoms with E-state index in [4.69, 9.17) is 32.9 Å². The molecule has 1 amide bonds. The minimum Gasteiger partial charge on any atom is -0.388 e. The van der Waals surface area contributed by atoms with Gasteiger partial charge in [-0.1, -0.05) is 18.2 Å². The lowest BCUT2D eigenvalue weighted by molar-refractivity contribution is -0.205. The second kappa shape index (κ2) is 11.9. The van der Waals surface area contributed by atoms with E-state index >= 15 is 0 Å². The number of hydrogen-bond donors (Lipinski definition) is 5. The zero-order chi connectivity index (χ0) is 27.6. The summed E-state index contributed by atoms with van der Waals surface area (Å²) >= 11 is 7.59. The van der Waals surface area contributed by atoms with Gasteiger partial charge >= 0.3 is 11.6 Å². The van der Waals surface area contributed by atoms with Crippen molar-refractivity contribution in [2.24, 2.45) is 5.92 Å². The standard InChI is InChI=1S/C26H31ClN4O6S/c1-13(27)18(22-20(33)19(32)21(34)24(37-22)38-3)31-25(35)26(29-2)23-17(12-30-26)10-16(8-9-36-23)15-6-4-14(11-28)5-7-15/h2,4-7,10,13,17-24,30,32-34H,8-9,12H2,1,3H3/p+1/t13-,17-,18+,19?,20?,21+,22+,23+,24?,26-/m0/s1. The molecule has 10 atom stereocenters. The summed E-state index contributed by atoms with van der Waals surface area (Å²) in [6, 6.07) is 8.44. The van der Waals surface area contributed by atoms with Gasteiger partial charge in [0.1, 0.15) is 29.9 Å². The lowest BCUT2D eigenvalue weighted by Crippen LogP contribution is -2.67. The molecule has 3 unspecified atom stereocenters. The molecule has 0 spiro atoms. The number of nitrogens with zero attached hydrogens (tertiary/aromatic N) is 2. The molecule has 1 aromatic rings. The first-order valence-corrected chi connectivity index (χ1v) is 14.1. The highest BCUT2D eigenvalue weighted by molar-refractivity contribution is 7.99. The number of thioether (sulfide) groups is 1. The predicted octanol–water partition coefficient (Wildman–Crippen LogP) is 0.892. The summed E-state index contributed by atoms with van der Waals surface area (Å²) < 4.78 is 12.0. The number of ether oxygens (including phenoxy) is 2. The Morgan fingerprint density at radius 2 is 2.03 bits per heavy atom. The van der Waals surface area contributed by atoms with E-state index < -0.39 is 58.9 Å². The number of carbonyl (C=O) groups excluding carboxylic acids is 1. The van der Waals surface area contributed by atoms with Gasteiger partial charge in [-0.05, 0) is 47.7 Å². The fourth-order valence-corrected chi connectivity index (χ4v) is 6.18. The molecule has 204 valence electrons. The summed E-state index contributed by atoms with van der Waals surface area (Å²) in [5, 5.41) is 45.5. The van der Waals surface area contributed by atoms with Crippen molar-refractivity contribution >= 4 is 34.8 Å². The van der Waals surface area contributed by atoms with Crippen LogP contribution in [-0.4, -0.2) is 93.7 Å². The molecule has 0 bridgehead atoms. The second-order valence-electron chi connectivity index (χ2n) is 9.72. The monoisotopic (exact) mass is 563 g/mol. The van der Waals surface area contributed by atoms with E-state index in [0.29, 0.717) is 25.1 Å². The number of nitriles is 1. The minimum absolute atomic E-state index is 0.234. The maximum absolute atomic E-state index is 13.8. The zero-order valence-corrected chi connectivity index (χ0v) is 22.6. The molecule has 0 radical (unpaired) electrons. The van der Waals surface area contributed by atoms with Crippen molar-refractivity contribution in [1.29, 1.82) is 5.26 Å². The van der Waals surface area contributed by atoms with E-state index in [-0.39, 0.29) is 5.92 Å². The zero-order valence-electron chi connectivity index (χ0n) is 21.0. The summed E-state index contributed by atoms with van der Waals surface area (Å²) in [7, 11) is 0. The summed E-state index contributed by atoms with van der Waals surface area (Å²) in [5.41, 5.74) is 0.0915. The topological polar surface area (TPSA) is 148 Å². The molecule has 12 heteroatoms. The van der Waals surface area contributed by atoms with Gasteiger partial charge in [-0.3, -0.25) is 4.79 Å². The van der Waals surface area contributed by atoms with Crippen molar-refractivity contribution in [3.63, 3.8) is 0 Å². The van der Waals surface area contributed by atoms with E-state index in [1.165, 1.54) is 11.8 Å². The Hall–Kier alpha value is -2.19. The first-order chi connectivity index (χ1) is 18.2. The Kier molecular flexibility index (Phi) is 9.03. The van der Waals surface area contributed by atoms with Crippen LogP contribution in [0.1, 0.15) is 24.5 Å². The van der Waals surface area contributed by atoms with Gasteiger partial charge in [-0.25, -0.2) is 5.32 Å². The Balaban J connectivity index is 1.57. The summed E-state index contributed by atoms with van der Waals surface area (Å²) in [5.74, 6) is -0.847. The van der Waals surface area contributed by atoms with Crippen LogP contribution in [0.25, 0.3) is 10.4 Å². The number of alkyl halides is 1. The first-order valence-electron chi connectivity index (χ1n) is 12.3. The molecular formula is C26H32ClN4O6S+. The van der Waals surface area contributed by atoms with E-state index in [1.807, 2.05) is 18.2 Å². The van der Waals surface area contributed by atoms with Crippen molar-refractivity contribution in [1.82, 2.24) is 10.6 Å². The number of fused-ring (bicyclic) bond motifs is 1. The van der Waals surface area contributed by atoms with Crippen LogP contribution in [0.15, 0.2) is 30.3 Å². The number of amides is 1. The van der Waals surface area contributed by atoms with E-state index in [2.05, 4.69) is 21.5 Å². The number of nitrogens with one attached hydrogen (secondary N) is 2. The van der Waals surface area contributed by atoms with Crippen LogP contribution < -0.4 is 10.6 Å². The third kappa shape index (κ3) is 5.31. The van der Waals surface area contributed by atoms with Gasteiger partial charge in [-0.2, -0.15) is 5.26 Å². The van der Waals surface area contributed by atoms with Crippen LogP contribution in [-0.2, 0) is 14.3 Å². The quantitative estimate of drug-likeness (QED) is 0.318. The lowest BCUT2D eigenvalue weighted by atomic mass is 9.90. The van der Waals surface area contributed by atoms with Crippen molar-refractivity contribution in [2.45, 2.75) is 66.4 Å². The van der Waals surface area contributed by atoms with E-state index in [0.717, 1.165) is 11.1 Å². The Bertz CT molecular complexity index is 1140. The molecule has 1 aromatic carbocycles. The van der Waals surface area contributed by atoms with E-state index in [1.54, 1.807) is 25.3 Å². The fourth-order valence-electron chi connectivity index (χ4n) is 5.29. The third-order valence-corrected chi connectivity index (χ3v) is 8.54. The summed E-state index contributed by atoms with van der Waals surface area (Å²) in [6.07, 6.45) is -1.78. The van der Waals surface area contributed by atoms with Gasteiger partial charge in [0.15, 0.2) is 6.10 Å². The Morgan fingerprint density at radius 3 is 2.63 bits per heavy atom. The van der Waals surface area contributed by atoms with Crippen LogP contribution in [0.4, 0.5) is 0 Å². The molecule has 2 saturated heterocycles. The van der Waals surface area contributed by atoms with Crippen LogP contribution in [0.3, 0.4) is 0 Å². The number of aliphatic hydroxyl groups is 3. The van der Waals surface area contributed by atoms with Gasteiger partial charge < -0.3 is 30.1 Å². The van der Waals surface area contributed by atoms with Crippen LogP contribution in [0, 0.1) is 23.8 Å². The molecule has 38 heavy (non-hydrogen) atoms. The van der Waals surface area contributed by atoms with Crippen molar-refractivity contribution < 1.29 is 29.6 Å². The molecule has 3 heterocycles. The fraction of sp³-hybridized carbons (Fsp3) is 0.577. The largest absolute Gasteiger partial charge is 0.438 e. The predicted molar refractivity (Wildman–Crippen MR) is 143 cm³/mol. The van der Waals surface area contributed by atoms with Crippen molar-refractivity contribution in [2.75, 3.05) is 19.4 Å². The minimum atomic E-state index is -1.64. The number of benzene rings is 1. The van der Waals surface area contributed by atoms with Crippen LogP contribution in [0.2, 0.25) is 0 Å². The van der Waals surface area contributed by atoms with Gasteiger partial charge in [0, 0.05) is 12.5 Å². The smallest absolute Gasteiger partial charge is 0.388 e. The van der Waals surface area contributed by atoms with Gasteiger partial charge in [-0.15, -0.1) is 23.4 Å². The SMILES string of the molecule is C#[N+][C@]1(C(=O)N[C@H]([C@H](C)Cl)[C@H]2OC(SC)[C@H](O)C(O)C2O)NC[C@@H]2C=C(c3ccc(C#N)cc3)CCO[C@H]21. The van der Waals surface area contributed by atoms with Crippen LogP contribution in [0.5, 0.6) is 0 Å². The highest BCUT2D eigenvalue weighted by Gasteiger charge is 2.65. The van der Waals surface area contributed by atoms with E-state index in [9.17, 15) is 20.1 Å². The molecule has 0 aliphatic carbocycles. The number of rotatable bonds is 6. The number of aliphatic hydroxyl groups excluding tert-OH is 3. The average Bonchev–Trinajstić information content (AvgIpc) is 3.13. The normalized spacial score (nSPS) is 36.5.